The lowest BCUT2D eigenvalue weighted by Crippen LogP contribution is -2.21. The van der Waals surface area contributed by atoms with Gasteiger partial charge in [-0.05, 0) is 30.5 Å². The van der Waals surface area contributed by atoms with E-state index in [0.717, 1.165) is 29.7 Å². The molecule has 0 bridgehead atoms. The van der Waals surface area contributed by atoms with Gasteiger partial charge in [0.15, 0.2) is 5.13 Å². The van der Waals surface area contributed by atoms with Gasteiger partial charge in [0.05, 0.1) is 11.6 Å². The number of hydrogen-bond donors (Lipinski definition) is 1. The third-order valence-corrected chi connectivity index (χ3v) is 4.51. The maximum Gasteiger partial charge on any atom is 0.229 e. The van der Waals surface area contributed by atoms with E-state index in [1.165, 1.54) is 11.3 Å². The maximum absolute atomic E-state index is 12.0. The number of benzene rings is 1. The first-order valence-corrected chi connectivity index (χ1v) is 8.22. The van der Waals surface area contributed by atoms with Crippen LogP contribution in [0, 0.1) is 17.2 Å². The van der Waals surface area contributed by atoms with Crippen LogP contribution in [0.4, 0.5) is 5.13 Å². The highest BCUT2D eigenvalue weighted by Crippen LogP contribution is 2.22. The average molecular weight is 313 g/mol. The molecular weight excluding hydrogens is 294 g/mol. The van der Waals surface area contributed by atoms with Crippen molar-refractivity contribution in [3.8, 4) is 6.07 Å². The summed E-state index contributed by atoms with van der Waals surface area (Å²) < 4.78 is 0. The molecule has 22 heavy (non-hydrogen) atoms. The molecule has 0 unspecified atom stereocenters. The van der Waals surface area contributed by atoms with Crippen molar-refractivity contribution < 1.29 is 4.79 Å². The zero-order valence-electron chi connectivity index (χ0n) is 12.8. The van der Waals surface area contributed by atoms with Crippen LogP contribution < -0.4 is 5.32 Å². The fourth-order valence-electron chi connectivity index (χ4n) is 2.21. The van der Waals surface area contributed by atoms with Gasteiger partial charge in [-0.2, -0.15) is 5.26 Å². The second-order valence-corrected chi connectivity index (χ2v) is 6.24. The summed E-state index contributed by atoms with van der Waals surface area (Å²) in [5.41, 5.74) is 1.78. The van der Waals surface area contributed by atoms with Crippen molar-refractivity contribution in [1.29, 1.82) is 5.26 Å². The molecule has 1 heterocycles. The molecule has 0 spiro atoms. The number of nitrogens with one attached hydrogen (secondary N) is 1. The molecule has 0 fully saturated rings. The van der Waals surface area contributed by atoms with Gasteiger partial charge in [0.25, 0.3) is 0 Å². The van der Waals surface area contributed by atoms with Crippen molar-refractivity contribution in [2.24, 2.45) is 5.92 Å². The highest BCUT2D eigenvalue weighted by molar-refractivity contribution is 7.15. The minimum absolute atomic E-state index is 0.0456. The fourth-order valence-corrected chi connectivity index (χ4v) is 3.06. The molecule has 1 N–H and O–H groups in total. The van der Waals surface area contributed by atoms with Crippen LogP contribution in [0.1, 0.15) is 42.7 Å². The number of thiazole rings is 1. The van der Waals surface area contributed by atoms with E-state index in [4.69, 9.17) is 5.26 Å². The maximum atomic E-state index is 12.0. The average Bonchev–Trinajstić information content (AvgIpc) is 2.96. The molecule has 114 valence electrons. The number of nitriles is 1. The summed E-state index contributed by atoms with van der Waals surface area (Å²) in [4.78, 5) is 17.4. The summed E-state index contributed by atoms with van der Waals surface area (Å²) in [5, 5.41) is 12.3. The van der Waals surface area contributed by atoms with E-state index in [1.54, 1.807) is 6.20 Å². The van der Waals surface area contributed by atoms with Gasteiger partial charge in [0.1, 0.15) is 0 Å². The first kappa shape index (κ1) is 16.2. The summed E-state index contributed by atoms with van der Waals surface area (Å²) in [6.07, 6.45) is 4.23. The second kappa shape index (κ2) is 7.71. The highest BCUT2D eigenvalue weighted by Gasteiger charge is 2.15. The predicted octanol–water partition coefficient (Wildman–Crippen LogP) is 3.98. The van der Waals surface area contributed by atoms with Crippen LogP contribution in [-0.4, -0.2) is 10.9 Å². The minimum atomic E-state index is 0.0456. The van der Waals surface area contributed by atoms with E-state index in [9.17, 15) is 4.79 Å². The van der Waals surface area contributed by atoms with Gasteiger partial charge in [-0.15, -0.1) is 11.3 Å². The Labute approximate surface area is 134 Å². The van der Waals surface area contributed by atoms with Crippen molar-refractivity contribution in [2.75, 3.05) is 5.32 Å². The summed E-state index contributed by atoms with van der Waals surface area (Å²) >= 11 is 1.50. The minimum Gasteiger partial charge on any atom is -0.302 e. The van der Waals surface area contributed by atoms with Gasteiger partial charge in [-0.25, -0.2) is 4.98 Å². The zero-order valence-corrected chi connectivity index (χ0v) is 13.6. The Balaban J connectivity index is 1.99. The number of amides is 1. The number of carbonyl (C=O) groups excluding carboxylic acids is 1. The van der Waals surface area contributed by atoms with Gasteiger partial charge in [0.2, 0.25) is 5.91 Å². The monoisotopic (exact) mass is 313 g/mol. The van der Waals surface area contributed by atoms with Crippen molar-refractivity contribution in [2.45, 2.75) is 33.1 Å². The van der Waals surface area contributed by atoms with Crippen molar-refractivity contribution in [3.05, 3.63) is 46.5 Å². The van der Waals surface area contributed by atoms with Gasteiger partial charge < -0.3 is 5.32 Å². The molecule has 0 aliphatic carbocycles. The Morgan fingerprint density at radius 2 is 2.00 bits per heavy atom. The molecule has 5 heteroatoms. The molecule has 1 aromatic heterocycles. The molecule has 0 aliphatic heterocycles. The van der Waals surface area contributed by atoms with Gasteiger partial charge in [-0.1, -0.05) is 26.0 Å². The summed E-state index contributed by atoms with van der Waals surface area (Å²) in [5.74, 6) is 0.0927. The Morgan fingerprint density at radius 1 is 1.32 bits per heavy atom. The van der Waals surface area contributed by atoms with Crippen LogP contribution in [-0.2, 0) is 11.2 Å². The Morgan fingerprint density at radius 3 is 2.59 bits per heavy atom. The highest BCUT2D eigenvalue weighted by atomic mass is 32.1. The van der Waals surface area contributed by atoms with Crippen molar-refractivity contribution >= 4 is 22.4 Å². The van der Waals surface area contributed by atoms with Gasteiger partial charge in [0, 0.05) is 23.4 Å². The van der Waals surface area contributed by atoms with E-state index in [1.807, 2.05) is 38.1 Å². The van der Waals surface area contributed by atoms with E-state index in [-0.39, 0.29) is 11.8 Å². The molecular formula is C17H19N3OS. The fraction of sp³-hybridized carbons (Fsp3) is 0.353. The van der Waals surface area contributed by atoms with Crippen molar-refractivity contribution in [3.63, 3.8) is 0 Å². The zero-order chi connectivity index (χ0) is 15.9. The van der Waals surface area contributed by atoms with Crippen LogP contribution >= 0.6 is 11.3 Å². The standard InChI is InChI=1S/C17H19N3OS/c1-3-14(4-2)16(21)20-17-19-11-15(22-17)9-12-5-7-13(10-18)8-6-12/h5-8,11,14H,3-4,9H2,1-2H3,(H,19,20,21). The lowest BCUT2D eigenvalue weighted by Gasteiger charge is -2.10. The van der Waals surface area contributed by atoms with Gasteiger partial charge >= 0.3 is 0 Å². The normalized spacial score (nSPS) is 10.5. The van der Waals surface area contributed by atoms with Gasteiger partial charge in [-0.3, -0.25) is 4.79 Å². The third kappa shape index (κ3) is 4.15. The molecule has 0 radical (unpaired) electrons. The van der Waals surface area contributed by atoms with E-state index in [2.05, 4.69) is 16.4 Å². The summed E-state index contributed by atoms with van der Waals surface area (Å²) in [7, 11) is 0. The predicted molar refractivity (Wildman–Crippen MR) is 88.8 cm³/mol. The number of anilines is 1. The number of rotatable bonds is 6. The number of carbonyl (C=O) groups is 1. The molecule has 0 aliphatic rings. The summed E-state index contributed by atoms with van der Waals surface area (Å²) in [6, 6.07) is 9.62. The van der Waals surface area contributed by atoms with Crippen molar-refractivity contribution in [1.82, 2.24) is 4.98 Å². The van der Waals surface area contributed by atoms with Crippen LogP contribution in [0.25, 0.3) is 0 Å². The molecule has 1 amide bonds. The van der Waals surface area contributed by atoms with E-state index < -0.39 is 0 Å². The summed E-state index contributed by atoms with van der Waals surface area (Å²) in [6.45, 7) is 4.04. The SMILES string of the molecule is CCC(CC)C(=O)Nc1ncc(Cc2ccc(C#N)cc2)s1. The number of nitrogens with zero attached hydrogens (tertiary/aromatic N) is 2. The first-order chi connectivity index (χ1) is 10.7. The molecule has 0 saturated heterocycles. The largest absolute Gasteiger partial charge is 0.302 e. The van der Waals surface area contributed by atoms with Crippen LogP contribution in [0.15, 0.2) is 30.5 Å². The quantitative estimate of drug-likeness (QED) is 0.877. The molecule has 0 atom stereocenters. The molecule has 4 nitrogen and oxygen atoms in total. The molecule has 1 aromatic carbocycles. The molecule has 2 aromatic rings. The topological polar surface area (TPSA) is 65.8 Å². The smallest absolute Gasteiger partial charge is 0.229 e. The van der Waals surface area contributed by atoms with Crippen LogP contribution in [0.2, 0.25) is 0 Å². The number of hydrogen-bond acceptors (Lipinski definition) is 4. The van der Waals surface area contributed by atoms with E-state index in [0.29, 0.717) is 10.7 Å². The first-order valence-electron chi connectivity index (χ1n) is 7.40. The lowest BCUT2D eigenvalue weighted by molar-refractivity contribution is -0.120. The lowest BCUT2D eigenvalue weighted by atomic mass is 10.0. The Bertz CT molecular complexity index is 666. The second-order valence-electron chi connectivity index (χ2n) is 5.12. The Kier molecular flexibility index (Phi) is 5.68. The third-order valence-electron chi connectivity index (χ3n) is 3.60. The molecule has 0 saturated carbocycles. The van der Waals surface area contributed by atoms with Crippen LogP contribution in [0.3, 0.4) is 0 Å². The van der Waals surface area contributed by atoms with E-state index >= 15 is 0 Å². The number of aromatic nitrogens is 1. The molecule has 2 rings (SSSR count). The van der Waals surface area contributed by atoms with Crippen LogP contribution in [0.5, 0.6) is 0 Å². The Hall–Kier alpha value is -2.19.